The molecule has 0 spiro atoms. The van der Waals surface area contributed by atoms with Crippen LogP contribution in [0.15, 0.2) is 12.1 Å². The fourth-order valence-corrected chi connectivity index (χ4v) is 3.78. The first-order chi connectivity index (χ1) is 10.6. The Morgan fingerprint density at radius 2 is 1.95 bits per heavy atom. The van der Waals surface area contributed by atoms with E-state index in [1.54, 1.807) is 0 Å². The summed E-state index contributed by atoms with van der Waals surface area (Å²) in [5, 5.41) is 10.3. The van der Waals surface area contributed by atoms with E-state index in [2.05, 4.69) is 22.8 Å². The largest absolute Gasteiger partial charge is 0.507 e. The minimum absolute atomic E-state index is 0.475. The maximum atomic E-state index is 10.3. The van der Waals surface area contributed by atoms with Gasteiger partial charge >= 0.3 is 0 Å². The molecule has 1 atom stereocenters. The number of hydrogen-bond acceptors (Lipinski definition) is 4. The SMILES string of the molecule is Cc1cc(C)c(O)c(CN2CCC[C@H]2CN2CCOCC2)c1. The van der Waals surface area contributed by atoms with Gasteiger partial charge < -0.3 is 9.84 Å². The third kappa shape index (κ3) is 3.62. The molecule has 2 fully saturated rings. The Bertz CT molecular complexity index is 512. The molecule has 4 heteroatoms. The summed E-state index contributed by atoms with van der Waals surface area (Å²) in [6, 6.07) is 4.79. The predicted molar refractivity (Wildman–Crippen MR) is 88.3 cm³/mol. The van der Waals surface area contributed by atoms with E-state index in [1.165, 1.54) is 18.4 Å². The molecule has 0 unspecified atom stereocenters. The first-order valence-corrected chi connectivity index (χ1v) is 8.47. The smallest absolute Gasteiger partial charge is 0.122 e. The average Bonchev–Trinajstić information content (AvgIpc) is 2.92. The number of phenolic OH excluding ortho intramolecular Hbond substituents is 1. The van der Waals surface area contributed by atoms with Crippen molar-refractivity contribution in [2.75, 3.05) is 39.4 Å². The number of phenols is 1. The van der Waals surface area contributed by atoms with E-state index in [4.69, 9.17) is 4.74 Å². The zero-order valence-corrected chi connectivity index (χ0v) is 13.8. The Balaban J connectivity index is 1.66. The Labute approximate surface area is 133 Å². The van der Waals surface area contributed by atoms with Crippen LogP contribution in [0.3, 0.4) is 0 Å². The van der Waals surface area contributed by atoms with Gasteiger partial charge in [-0.05, 0) is 38.8 Å². The van der Waals surface area contributed by atoms with Gasteiger partial charge in [-0.25, -0.2) is 0 Å². The Hall–Kier alpha value is -1.10. The van der Waals surface area contributed by atoms with Crippen LogP contribution in [-0.2, 0) is 11.3 Å². The minimum Gasteiger partial charge on any atom is -0.507 e. The number of rotatable bonds is 4. The molecule has 2 heterocycles. The van der Waals surface area contributed by atoms with Crippen molar-refractivity contribution in [2.45, 2.75) is 39.3 Å². The van der Waals surface area contributed by atoms with Gasteiger partial charge in [-0.1, -0.05) is 17.7 Å². The third-order valence-electron chi connectivity index (χ3n) is 4.97. The second kappa shape index (κ2) is 6.99. The molecule has 4 nitrogen and oxygen atoms in total. The molecule has 0 amide bonds. The molecule has 0 saturated carbocycles. The number of benzene rings is 1. The van der Waals surface area contributed by atoms with E-state index < -0.39 is 0 Å². The number of aromatic hydroxyl groups is 1. The quantitative estimate of drug-likeness (QED) is 0.926. The summed E-state index contributed by atoms with van der Waals surface area (Å²) in [5.41, 5.74) is 3.29. The van der Waals surface area contributed by atoms with Crippen molar-refractivity contribution in [3.63, 3.8) is 0 Å². The summed E-state index contributed by atoms with van der Waals surface area (Å²) < 4.78 is 5.44. The van der Waals surface area contributed by atoms with Crippen LogP contribution in [0.5, 0.6) is 5.75 Å². The van der Waals surface area contributed by atoms with E-state index in [1.807, 2.05) is 13.0 Å². The molecule has 122 valence electrons. The molecule has 0 radical (unpaired) electrons. The Morgan fingerprint density at radius 1 is 1.18 bits per heavy atom. The van der Waals surface area contributed by atoms with E-state index in [0.29, 0.717) is 11.8 Å². The summed E-state index contributed by atoms with van der Waals surface area (Å²) in [6.45, 7) is 11.1. The Kier molecular flexibility index (Phi) is 5.01. The maximum Gasteiger partial charge on any atom is 0.122 e. The highest BCUT2D eigenvalue weighted by atomic mass is 16.5. The predicted octanol–water partition coefficient (Wildman–Crippen LogP) is 2.31. The summed E-state index contributed by atoms with van der Waals surface area (Å²) in [6.07, 6.45) is 2.53. The van der Waals surface area contributed by atoms with Crippen LogP contribution in [0.1, 0.15) is 29.5 Å². The highest BCUT2D eigenvalue weighted by molar-refractivity contribution is 5.42. The van der Waals surface area contributed by atoms with Crippen molar-refractivity contribution >= 4 is 0 Å². The van der Waals surface area contributed by atoms with E-state index in [9.17, 15) is 5.11 Å². The number of aryl methyl sites for hydroxylation is 2. The van der Waals surface area contributed by atoms with Gasteiger partial charge in [0, 0.05) is 37.8 Å². The highest BCUT2D eigenvalue weighted by Crippen LogP contribution is 2.28. The first-order valence-electron chi connectivity index (χ1n) is 8.47. The van der Waals surface area contributed by atoms with Crippen molar-refractivity contribution in [2.24, 2.45) is 0 Å². The van der Waals surface area contributed by atoms with Crippen LogP contribution >= 0.6 is 0 Å². The minimum atomic E-state index is 0.475. The lowest BCUT2D eigenvalue weighted by Crippen LogP contribution is -2.44. The summed E-state index contributed by atoms with van der Waals surface area (Å²) in [7, 11) is 0. The molecule has 2 aliphatic rings. The molecule has 2 aliphatic heterocycles. The first kappa shape index (κ1) is 15.8. The molecular weight excluding hydrogens is 276 g/mol. The number of nitrogens with zero attached hydrogens (tertiary/aromatic N) is 2. The summed E-state index contributed by atoms with van der Waals surface area (Å²) >= 11 is 0. The van der Waals surface area contributed by atoms with Gasteiger partial charge in [0.2, 0.25) is 0 Å². The van der Waals surface area contributed by atoms with Crippen molar-refractivity contribution in [3.05, 3.63) is 28.8 Å². The molecule has 22 heavy (non-hydrogen) atoms. The van der Waals surface area contributed by atoms with Gasteiger partial charge in [-0.15, -0.1) is 0 Å². The molecule has 0 aliphatic carbocycles. The third-order valence-corrected chi connectivity index (χ3v) is 4.97. The van der Waals surface area contributed by atoms with Crippen LogP contribution < -0.4 is 0 Å². The van der Waals surface area contributed by atoms with Crippen LogP contribution in [0.25, 0.3) is 0 Å². The van der Waals surface area contributed by atoms with Crippen LogP contribution in [0.2, 0.25) is 0 Å². The van der Waals surface area contributed by atoms with Crippen molar-refractivity contribution in [1.82, 2.24) is 9.80 Å². The topological polar surface area (TPSA) is 35.9 Å². The summed E-state index contributed by atoms with van der Waals surface area (Å²) in [5.74, 6) is 0.475. The average molecular weight is 304 g/mol. The fraction of sp³-hybridized carbons (Fsp3) is 0.667. The van der Waals surface area contributed by atoms with Gasteiger partial charge in [-0.2, -0.15) is 0 Å². The second-order valence-electron chi connectivity index (χ2n) is 6.77. The molecule has 3 rings (SSSR count). The van der Waals surface area contributed by atoms with Crippen LogP contribution in [0.4, 0.5) is 0 Å². The van der Waals surface area contributed by atoms with Gasteiger partial charge in [0.1, 0.15) is 5.75 Å². The van der Waals surface area contributed by atoms with Crippen molar-refractivity contribution in [1.29, 1.82) is 0 Å². The van der Waals surface area contributed by atoms with Gasteiger partial charge in [0.25, 0.3) is 0 Å². The Morgan fingerprint density at radius 3 is 2.73 bits per heavy atom. The van der Waals surface area contributed by atoms with E-state index >= 15 is 0 Å². The fourth-order valence-electron chi connectivity index (χ4n) is 3.78. The number of hydrogen-bond donors (Lipinski definition) is 1. The lowest BCUT2D eigenvalue weighted by Gasteiger charge is -2.33. The van der Waals surface area contributed by atoms with Crippen molar-refractivity contribution in [3.8, 4) is 5.75 Å². The van der Waals surface area contributed by atoms with E-state index in [0.717, 1.165) is 57.1 Å². The normalized spacial score (nSPS) is 24.0. The highest BCUT2D eigenvalue weighted by Gasteiger charge is 2.27. The molecule has 1 aromatic rings. The number of morpholine rings is 1. The molecule has 0 bridgehead atoms. The number of ether oxygens (including phenoxy) is 1. The van der Waals surface area contributed by atoms with Gasteiger partial charge in [0.05, 0.1) is 13.2 Å². The van der Waals surface area contributed by atoms with Gasteiger partial charge in [-0.3, -0.25) is 9.80 Å². The zero-order valence-electron chi connectivity index (χ0n) is 13.8. The molecule has 1 N–H and O–H groups in total. The standard InChI is InChI=1S/C18H28N2O2/c1-14-10-15(2)18(21)16(11-14)12-20-5-3-4-17(20)13-19-6-8-22-9-7-19/h10-11,17,21H,3-9,12-13H2,1-2H3/t17-/m0/s1. The van der Waals surface area contributed by atoms with Gasteiger partial charge in [0.15, 0.2) is 0 Å². The summed E-state index contributed by atoms with van der Waals surface area (Å²) in [4.78, 5) is 5.07. The molecule has 2 saturated heterocycles. The zero-order chi connectivity index (χ0) is 15.5. The lowest BCUT2D eigenvalue weighted by atomic mass is 10.0. The van der Waals surface area contributed by atoms with E-state index in [-0.39, 0.29) is 0 Å². The molecule has 0 aromatic heterocycles. The van der Waals surface area contributed by atoms with Crippen LogP contribution in [-0.4, -0.2) is 60.3 Å². The molecular formula is C18H28N2O2. The monoisotopic (exact) mass is 304 g/mol. The van der Waals surface area contributed by atoms with Crippen LogP contribution in [0, 0.1) is 13.8 Å². The van der Waals surface area contributed by atoms with Crippen molar-refractivity contribution < 1.29 is 9.84 Å². The number of likely N-dealkylation sites (tertiary alicyclic amines) is 1. The second-order valence-corrected chi connectivity index (χ2v) is 6.77. The lowest BCUT2D eigenvalue weighted by molar-refractivity contribution is 0.0261. The maximum absolute atomic E-state index is 10.3. The molecule has 1 aromatic carbocycles.